The van der Waals surface area contributed by atoms with Crippen molar-refractivity contribution in [1.82, 2.24) is 4.72 Å². The van der Waals surface area contributed by atoms with Crippen LogP contribution in [-0.4, -0.2) is 15.0 Å². The van der Waals surface area contributed by atoms with Crippen LogP contribution >= 0.6 is 0 Å². The van der Waals surface area contributed by atoms with Gasteiger partial charge in [-0.3, -0.25) is 0 Å². The van der Waals surface area contributed by atoms with E-state index in [1.807, 2.05) is 0 Å². The lowest BCUT2D eigenvalue weighted by Crippen LogP contribution is -2.26. The average molecular weight is 271 g/mol. The smallest absolute Gasteiger partial charge is 0.211 e. The van der Waals surface area contributed by atoms with E-state index in [1.54, 1.807) is 0 Å². The lowest BCUT2D eigenvalue weighted by molar-refractivity contribution is 0.494. The number of halogens is 1. The molecule has 3 nitrogen and oxygen atoms in total. The van der Waals surface area contributed by atoms with Crippen molar-refractivity contribution in [2.75, 3.05) is 6.54 Å². The monoisotopic (exact) mass is 271 g/mol. The zero-order valence-corrected chi connectivity index (χ0v) is 11.0. The summed E-state index contributed by atoms with van der Waals surface area (Å²) in [5.41, 5.74) is 0. The van der Waals surface area contributed by atoms with E-state index in [9.17, 15) is 12.8 Å². The molecular formula is C13H18FNO2S. The molecule has 0 radical (unpaired) electrons. The minimum Gasteiger partial charge on any atom is -0.211 e. The molecule has 0 atom stereocenters. The van der Waals surface area contributed by atoms with Gasteiger partial charge in [-0.15, -0.1) is 0 Å². The largest absolute Gasteiger partial charge is 0.243 e. The summed E-state index contributed by atoms with van der Waals surface area (Å²) >= 11 is 0. The zero-order chi connectivity index (χ0) is 13.0. The van der Waals surface area contributed by atoms with Crippen LogP contribution in [0.15, 0.2) is 29.2 Å². The third-order valence-electron chi connectivity index (χ3n) is 3.45. The maximum absolute atomic E-state index is 13.4. The quantitative estimate of drug-likeness (QED) is 0.895. The molecule has 0 saturated heterocycles. The van der Waals surface area contributed by atoms with Crippen LogP contribution < -0.4 is 4.72 Å². The molecule has 0 heterocycles. The lowest BCUT2D eigenvalue weighted by atomic mass is 10.1. The van der Waals surface area contributed by atoms with Crippen molar-refractivity contribution in [2.45, 2.75) is 37.0 Å². The van der Waals surface area contributed by atoms with E-state index < -0.39 is 15.8 Å². The minimum absolute atomic E-state index is 0.267. The Morgan fingerprint density at radius 1 is 1.22 bits per heavy atom. The summed E-state index contributed by atoms with van der Waals surface area (Å²) in [5.74, 6) is -0.0841. The molecular weight excluding hydrogens is 253 g/mol. The summed E-state index contributed by atoms with van der Waals surface area (Å²) in [5, 5.41) is 0. The van der Waals surface area contributed by atoms with Crippen molar-refractivity contribution in [3.05, 3.63) is 30.1 Å². The fraction of sp³-hybridized carbons (Fsp3) is 0.538. The van der Waals surface area contributed by atoms with Crippen LogP contribution in [0.3, 0.4) is 0 Å². The Labute approximate surface area is 107 Å². The van der Waals surface area contributed by atoms with Crippen molar-refractivity contribution in [3.63, 3.8) is 0 Å². The van der Waals surface area contributed by atoms with E-state index in [0.29, 0.717) is 12.5 Å². The molecule has 0 spiro atoms. The lowest BCUT2D eigenvalue weighted by Gasteiger charge is -2.10. The first-order valence-electron chi connectivity index (χ1n) is 6.34. The number of sulfonamides is 1. The highest BCUT2D eigenvalue weighted by molar-refractivity contribution is 7.89. The van der Waals surface area contributed by atoms with Crippen LogP contribution in [0, 0.1) is 11.7 Å². The number of hydrogen-bond acceptors (Lipinski definition) is 2. The third kappa shape index (κ3) is 3.29. The summed E-state index contributed by atoms with van der Waals surface area (Å²) in [6, 6.07) is 5.44. The van der Waals surface area contributed by atoms with Gasteiger partial charge < -0.3 is 0 Å². The average Bonchev–Trinajstić information content (AvgIpc) is 2.82. The molecule has 1 aliphatic rings. The maximum Gasteiger partial charge on any atom is 0.243 e. The van der Waals surface area contributed by atoms with Crippen molar-refractivity contribution in [3.8, 4) is 0 Å². The summed E-state index contributed by atoms with van der Waals surface area (Å²) < 4.78 is 39.6. The van der Waals surface area contributed by atoms with E-state index in [4.69, 9.17) is 0 Å². The molecule has 0 aliphatic heterocycles. The Hall–Kier alpha value is -0.940. The van der Waals surface area contributed by atoms with Gasteiger partial charge in [0.15, 0.2) is 0 Å². The molecule has 5 heteroatoms. The molecule has 1 N–H and O–H groups in total. The summed E-state index contributed by atoms with van der Waals surface area (Å²) in [7, 11) is -3.71. The van der Waals surface area contributed by atoms with Crippen LogP contribution in [0.1, 0.15) is 32.1 Å². The highest BCUT2D eigenvalue weighted by Gasteiger charge is 2.19. The van der Waals surface area contributed by atoms with Gasteiger partial charge in [0.05, 0.1) is 0 Å². The number of rotatable bonds is 5. The van der Waals surface area contributed by atoms with Crippen molar-refractivity contribution < 1.29 is 12.8 Å². The van der Waals surface area contributed by atoms with E-state index in [-0.39, 0.29) is 4.90 Å². The van der Waals surface area contributed by atoms with E-state index >= 15 is 0 Å². The SMILES string of the molecule is O=S(=O)(NCCC1CCCC1)c1ccccc1F. The van der Waals surface area contributed by atoms with Crippen LogP contribution in [-0.2, 0) is 10.0 Å². The van der Waals surface area contributed by atoms with Crippen LogP contribution in [0.25, 0.3) is 0 Å². The van der Waals surface area contributed by atoms with Crippen LogP contribution in [0.2, 0.25) is 0 Å². The molecule has 1 saturated carbocycles. The molecule has 100 valence electrons. The molecule has 1 aliphatic carbocycles. The summed E-state index contributed by atoms with van der Waals surface area (Å²) in [4.78, 5) is -0.267. The molecule has 0 aromatic heterocycles. The Bertz CT molecular complexity index is 495. The van der Waals surface area contributed by atoms with Gasteiger partial charge in [0.25, 0.3) is 0 Å². The second-order valence-electron chi connectivity index (χ2n) is 4.77. The number of nitrogens with one attached hydrogen (secondary N) is 1. The second kappa shape index (κ2) is 5.80. The molecule has 1 aromatic carbocycles. The highest BCUT2D eigenvalue weighted by Crippen LogP contribution is 2.27. The molecule has 18 heavy (non-hydrogen) atoms. The van der Waals surface area contributed by atoms with Crippen molar-refractivity contribution in [2.24, 2.45) is 5.92 Å². The summed E-state index contributed by atoms with van der Waals surface area (Å²) in [6.45, 7) is 0.390. The topological polar surface area (TPSA) is 46.2 Å². The predicted molar refractivity (Wildman–Crippen MR) is 68.2 cm³/mol. The van der Waals surface area contributed by atoms with Crippen molar-refractivity contribution in [1.29, 1.82) is 0 Å². The first-order chi connectivity index (χ1) is 8.59. The Morgan fingerprint density at radius 3 is 2.56 bits per heavy atom. The van der Waals surface area contributed by atoms with Gasteiger partial charge in [0, 0.05) is 6.54 Å². The van der Waals surface area contributed by atoms with Crippen LogP contribution in [0.4, 0.5) is 4.39 Å². The van der Waals surface area contributed by atoms with Crippen LogP contribution in [0.5, 0.6) is 0 Å². The Morgan fingerprint density at radius 2 is 1.89 bits per heavy atom. The molecule has 0 unspecified atom stereocenters. The number of hydrogen-bond donors (Lipinski definition) is 1. The first-order valence-corrected chi connectivity index (χ1v) is 7.82. The maximum atomic E-state index is 13.4. The molecule has 2 rings (SSSR count). The van der Waals surface area contributed by atoms with Crippen molar-refractivity contribution >= 4 is 10.0 Å². The number of benzene rings is 1. The minimum atomic E-state index is -3.71. The predicted octanol–water partition coefficient (Wildman–Crippen LogP) is 2.68. The molecule has 0 amide bonds. The Balaban J connectivity index is 1.93. The second-order valence-corrected chi connectivity index (χ2v) is 6.50. The zero-order valence-electron chi connectivity index (χ0n) is 10.2. The standard InChI is InChI=1S/C13H18FNO2S/c14-12-7-3-4-8-13(12)18(16,17)15-10-9-11-5-1-2-6-11/h3-4,7-8,11,15H,1-2,5-6,9-10H2. The van der Waals surface area contributed by atoms with Gasteiger partial charge >= 0.3 is 0 Å². The van der Waals surface area contributed by atoms with E-state index in [1.165, 1.54) is 43.9 Å². The molecule has 1 fully saturated rings. The molecule has 1 aromatic rings. The van der Waals surface area contributed by atoms with Gasteiger partial charge in [0.1, 0.15) is 10.7 Å². The van der Waals surface area contributed by atoms with Gasteiger partial charge in [-0.25, -0.2) is 17.5 Å². The normalized spacial score (nSPS) is 17.2. The summed E-state index contributed by atoms with van der Waals surface area (Å²) in [6.07, 6.45) is 5.69. The van der Waals surface area contributed by atoms with Gasteiger partial charge in [-0.1, -0.05) is 37.8 Å². The highest BCUT2D eigenvalue weighted by atomic mass is 32.2. The van der Waals surface area contributed by atoms with Gasteiger partial charge in [0.2, 0.25) is 10.0 Å². The van der Waals surface area contributed by atoms with Gasteiger partial charge in [-0.05, 0) is 24.5 Å². The Kier molecular flexibility index (Phi) is 4.35. The fourth-order valence-electron chi connectivity index (χ4n) is 2.44. The van der Waals surface area contributed by atoms with E-state index in [0.717, 1.165) is 12.5 Å². The van der Waals surface area contributed by atoms with Gasteiger partial charge in [-0.2, -0.15) is 0 Å². The molecule has 0 bridgehead atoms. The van der Waals surface area contributed by atoms with E-state index in [2.05, 4.69) is 4.72 Å². The third-order valence-corrected chi connectivity index (χ3v) is 4.94. The fourth-order valence-corrected chi connectivity index (χ4v) is 3.56. The first kappa shape index (κ1) is 13.5.